The Balaban J connectivity index is 0.000000442. The van der Waals surface area contributed by atoms with Gasteiger partial charge in [-0.25, -0.2) is 14.4 Å². The highest BCUT2D eigenvalue weighted by Crippen LogP contribution is 2.25. The van der Waals surface area contributed by atoms with Gasteiger partial charge in [0.15, 0.2) is 13.2 Å². The molecule has 0 heterocycles. The van der Waals surface area contributed by atoms with Crippen molar-refractivity contribution in [3.05, 3.63) is 60.7 Å². The van der Waals surface area contributed by atoms with Gasteiger partial charge in [-0.05, 0) is 117 Å². The first-order chi connectivity index (χ1) is 20.2. The SMILES string of the molecule is C=C(C)C(=O)Oc1ccc(OCC(=O)OC(C)(C)C)cc1.CCC(C)(C)C(=O)Oc1ccc(OCC(=O)OC(C)(C)C)cc1. The molecule has 0 aromatic heterocycles. The molecule has 0 unspecified atom stereocenters. The monoisotopic (exact) mass is 614 g/mol. The van der Waals surface area contributed by atoms with E-state index in [1.54, 1.807) is 97.0 Å². The summed E-state index contributed by atoms with van der Waals surface area (Å²) in [5, 5.41) is 0. The van der Waals surface area contributed by atoms with Crippen molar-refractivity contribution >= 4 is 23.9 Å². The lowest BCUT2D eigenvalue weighted by Gasteiger charge is -2.20. The topological polar surface area (TPSA) is 124 Å². The van der Waals surface area contributed by atoms with Crippen LogP contribution < -0.4 is 18.9 Å². The van der Waals surface area contributed by atoms with Crippen LogP contribution in [0.5, 0.6) is 23.0 Å². The molecule has 0 radical (unpaired) electrons. The van der Waals surface area contributed by atoms with Gasteiger partial charge in [0.2, 0.25) is 0 Å². The summed E-state index contributed by atoms with van der Waals surface area (Å²) >= 11 is 0. The van der Waals surface area contributed by atoms with E-state index in [0.717, 1.165) is 0 Å². The second-order valence-corrected chi connectivity index (χ2v) is 12.5. The molecule has 242 valence electrons. The van der Waals surface area contributed by atoms with Crippen molar-refractivity contribution in [1.82, 2.24) is 0 Å². The van der Waals surface area contributed by atoms with Crippen molar-refractivity contribution in [2.24, 2.45) is 5.41 Å². The van der Waals surface area contributed by atoms with Crippen molar-refractivity contribution in [2.75, 3.05) is 13.2 Å². The van der Waals surface area contributed by atoms with Crippen LogP contribution in [0.3, 0.4) is 0 Å². The maximum atomic E-state index is 12.0. The summed E-state index contributed by atoms with van der Waals surface area (Å²) in [6.45, 7) is 21.1. The Labute approximate surface area is 260 Å². The highest BCUT2D eigenvalue weighted by Gasteiger charge is 2.27. The van der Waals surface area contributed by atoms with Crippen LogP contribution in [0.15, 0.2) is 60.7 Å². The van der Waals surface area contributed by atoms with Crippen molar-refractivity contribution in [1.29, 1.82) is 0 Å². The summed E-state index contributed by atoms with van der Waals surface area (Å²) in [6.07, 6.45) is 0.697. The van der Waals surface area contributed by atoms with Gasteiger partial charge in [0.25, 0.3) is 0 Å². The molecule has 10 nitrogen and oxygen atoms in total. The highest BCUT2D eigenvalue weighted by molar-refractivity contribution is 5.88. The number of carbonyl (C=O) groups is 4. The maximum absolute atomic E-state index is 12.0. The van der Waals surface area contributed by atoms with Gasteiger partial charge in [-0.3, -0.25) is 4.79 Å². The Morgan fingerprint density at radius 2 is 0.955 bits per heavy atom. The molecule has 0 spiro atoms. The molecule has 0 N–H and O–H groups in total. The molecule has 0 amide bonds. The van der Waals surface area contributed by atoms with Crippen LogP contribution in [0, 0.1) is 5.41 Å². The third-order valence-corrected chi connectivity index (χ3v) is 5.41. The smallest absolute Gasteiger partial charge is 0.344 e. The summed E-state index contributed by atoms with van der Waals surface area (Å²) in [5.41, 5.74) is -1.28. The van der Waals surface area contributed by atoms with Crippen LogP contribution in [0.4, 0.5) is 0 Å². The lowest BCUT2D eigenvalue weighted by molar-refractivity contribution is -0.158. The standard InChI is InChI=1S/C18H26O5.C16H20O5/c1-7-18(5,6)16(20)22-14-10-8-13(9-11-14)21-12-15(19)23-17(2,3)4;1-11(2)15(18)20-13-8-6-12(7-9-13)19-10-14(17)21-16(3,4)5/h8-11H,7,12H2,1-6H3;6-9H,1,10H2,2-5H3. The average molecular weight is 615 g/mol. The third-order valence-electron chi connectivity index (χ3n) is 5.41. The summed E-state index contributed by atoms with van der Waals surface area (Å²) in [5.74, 6) is 0.174. The van der Waals surface area contributed by atoms with Crippen LogP contribution in [0.2, 0.25) is 0 Å². The normalized spacial score (nSPS) is 11.2. The molecule has 0 aliphatic rings. The van der Waals surface area contributed by atoms with Gasteiger partial charge in [-0.2, -0.15) is 0 Å². The minimum absolute atomic E-state index is 0.167. The van der Waals surface area contributed by atoms with Crippen molar-refractivity contribution in [3.63, 3.8) is 0 Å². The molecular formula is C34H46O10. The van der Waals surface area contributed by atoms with Crippen molar-refractivity contribution < 1.29 is 47.6 Å². The summed E-state index contributed by atoms with van der Waals surface area (Å²) in [6, 6.07) is 12.9. The van der Waals surface area contributed by atoms with Gasteiger partial charge >= 0.3 is 23.9 Å². The number of carbonyl (C=O) groups excluding carboxylic acids is 4. The van der Waals surface area contributed by atoms with Crippen LogP contribution in [0.25, 0.3) is 0 Å². The zero-order valence-corrected chi connectivity index (χ0v) is 27.5. The molecule has 10 heteroatoms. The number of hydrogen-bond acceptors (Lipinski definition) is 10. The molecule has 2 rings (SSSR count). The third kappa shape index (κ3) is 15.8. The summed E-state index contributed by atoms with van der Waals surface area (Å²) in [4.78, 5) is 46.4. The predicted molar refractivity (Wildman–Crippen MR) is 166 cm³/mol. The van der Waals surface area contributed by atoms with Crippen LogP contribution >= 0.6 is 0 Å². The Morgan fingerprint density at radius 1 is 0.614 bits per heavy atom. The first-order valence-electron chi connectivity index (χ1n) is 14.2. The molecule has 0 atom stereocenters. The zero-order chi connectivity index (χ0) is 33.7. The van der Waals surface area contributed by atoms with Gasteiger partial charge in [-0.1, -0.05) is 13.5 Å². The molecule has 0 bridgehead atoms. The Hall–Kier alpha value is -4.34. The molecular weight excluding hydrogens is 568 g/mol. The van der Waals surface area contributed by atoms with Gasteiger partial charge in [0.1, 0.15) is 34.2 Å². The molecule has 44 heavy (non-hydrogen) atoms. The van der Waals surface area contributed by atoms with E-state index < -0.39 is 34.5 Å². The number of esters is 4. The number of rotatable bonds is 11. The maximum Gasteiger partial charge on any atom is 0.344 e. The molecule has 2 aromatic carbocycles. The van der Waals surface area contributed by atoms with E-state index in [-0.39, 0.29) is 19.2 Å². The Kier molecular flexibility index (Phi) is 14.1. The van der Waals surface area contributed by atoms with Gasteiger partial charge in [-0.15, -0.1) is 0 Å². The lowest BCUT2D eigenvalue weighted by atomic mass is 9.91. The second-order valence-electron chi connectivity index (χ2n) is 12.5. The quantitative estimate of drug-likeness (QED) is 0.155. The molecule has 0 fully saturated rings. The van der Waals surface area contributed by atoms with Crippen LogP contribution in [-0.4, -0.2) is 48.3 Å². The van der Waals surface area contributed by atoms with E-state index in [9.17, 15) is 19.2 Å². The fourth-order valence-corrected chi connectivity index (χ4v) is 2.82. The molecule has 2 aromatic rings. The minimum Gasteiger partial charge on any atom is -0.482 e. The minimum atomic E-state index is -0.541. The van der Waals surface area contributed by atoms with Gasteiger partial charge < -0.3 is 28.4 Å². The van der Waals surface area contributed by atoms with Crippen LogP contribution in [0.1, 0.15) is 75.7 Å². The van der Waals surface area contributed by atoms with E-state index in [0.29, 0.717) is 35.0 Å². The number of benzene rings is 2. The lowest BCUT2D eigenvalue weighted by Crippen LogP contribution is -2.28. The fraction of sp³-hybridized carbons (Fsp3) is 0.471. The predicted octanol–water partition coefficient (Wildman–Crippen LogP) is 6.64. The van der Waals surface area contributed by atoms with Crippen LogP contribution in [-0.2, 0) is 28.7 Å². The largest absolute Gasteiger partial charge is 0.482 e. The molecule has 0 saturated carbocycles. The van der Waals surface area contributed by atoms with E-state index in [1.165, 1.54) is 0 Å². The molecule has 0 aliphatic carbocycles. The van der Waals surface area contributed by atoms with Gasteiger partial charge in [0, 0.05) is 5.57 Å². The van der Waals surface area contributed by atoms with E-state index in [4.69, 9.17) is 28.4 Å². The summed E-state index contributed by atoms with van der Waals surface area (Å²) in [7, 11) is 0. The van der Waals surface area contributed by atoms with Crippen molar-refractivity contribution in [3.8, 4) is 23.0 Å². The van der Waals surface area contributed by atoms with Crippen molar-refractivity contribution in [2.45, 2.75) is 86.9 Å². The molecule has 0 aliphatic heterocycles. The number of hydrogen-bond donors (Lipinski definition) is 0. The number of ether oxygens (including phenoxy) is 6. The Morgan fingerprint density at radius 3 is 1.27 bits per heavy atom. The summed E-state index contributed by atoms with van der Waals surface area (Å²) < 4.78 is 31.3. The average Bonchev–Trinajstić information content (AvgIpc) is 2.90. The first kappa shape index (κ1) is 37.7. The highest BCUT2D eigenvalue weighted by atomic mass is 16.6. The first-order valence-corrected chi connectivity index (χ1v) is 14.2. The van der Waals surface area contributed by atoms with E-state index >= 15 is 0 Å². The van der Waals surface area contributed by atoms with E-state index in [1.807, 2.05) is 20.8 Å². The fourth-order valence-electron chi connectivity index (χ4n) is 2.82. The molecule has 0 saturated heterocycles. The zero-order valence-electron chi connectivity index (χ0n) is 27.5. The second kappa shape index (κ2) is 16.5. The van der Waals surface area contributed by atoms with E-state index in [2.05, 4.69) is 6.58 Å². The Bertz CT molecular complexity index is 1260. The van der Waals surface area contributed by atoms with Gasteiger partial charge in [0.05, 0.1) is 5.41 Å².